The van der Waals surface area contributed by atoms with Crippen molar-refractivity contribution in [1.29, 1.82) is 0 Å². The lowest BCUT2D eigenvalue weighted by atomic mass is 9.90. The summed E-state index contributed by atoms with van der Waals surface area (Å²) in [5.74, 6) is 0.507. The van der Waals surface area contributed by atoms with Crippen LogP contribution in [0.25, 0.3) is 0 Å². The number of aliphatic imine (C=N–C) groups is 1. The number of nitrogens with zero attached hydrogens (tertiary/aromatic N) is 1. The van der Waals surface area contributed by atoms with Crippen LogP contribution in [0.1, 0.15) is 23.5 Å². The minimum atomic E-state index is -0.0914. The number of nitrogens with one attached hydrogen (secondary N) is 4. The van der Waals surface area contributed by atoms with Crippen LogP contribution in [0.15, 0.2) is 59.6 Å². The highest BCUT2D eigenvalue weighted by molar-refractivity contribution is 5.95. The van der Waals surface area contributed by atoms with Crippen molar-refractivity contribution in [1.82, 2.24) is 16.0 Å². The molecule has 1 unspecified atom stereocenters. The van der Waals surface area contributed by atoms with Gasteiger partial charge >= 0.3 is 0 Å². The molecule has 0 spiro atoms. The van der Waals surface area contributed by atoms with Gasteiger partial charge < -0.3 is 21.3 Å². The van der Waals surface area contributed by atoms with Crippen molar-refractivity contribution in [2.45, 2.75) is 18.8 Å². The molecular weight excluding hydrogens is 366 g/mol. The van der Waals surface area contributed by atoms with Gasteiger partial charge in [-0.1, -0.05) is 48.5 Å². The molecule has 1 aliphatic heterocycles. The maximum Gasteiger partial charge on any atom is 0.239 e. The molecule has 2 amide bonds. The Morgan fingerprint density at radius 2 is 1.83 bits per heavy atom. The number of amides is 2. The van der Waals surface area contributed by atoms with E-state index < -0.39 is 0 Å². The number of fused-ring (bicyclic) bond motifs is 1. The quantitative estimate of drug-likeness (QED) is 0.425. The Hall–Kier alpha value is -3.35. The fraction of sp³-hybridized carbons (Fsp3) is 0.318. The number of benzene rings is 2. The van der Waals surface area contributed by atoms with Crippen molar-refractivity contribution >= 4 is 23.5 Å². The van der Waals surface area contributed by atoms with Crippen LogP contribution in [0, 0.1) is 0 Å². The molecule has 3 rings (SSSR count). The van der Waals surface area contributed by atoms with Gasteiger partial charge in [0, 0.05) is 38.2 Å². The van der Waals surface area contributed by atoms with Crippen LogP contribution in [0.2, 0.25) is 0 Å². The summed E-state index contributed by atoms with van der Waals surface area (Å²) >= 11 is 0. The van der Waals surface area contributed by atoms with E-state index in [4.69, 9.17) is 0 Å². The molecule has 2 aromatic rings. The van der Waals surface area contributed by atoms with Gasteiger partial charge in [-0.15, -0.1) is 0 Å². The lowest BCUT2D eigenvalue weighted by Gasteiger charge is -2.26. The van der Waals surface area contributed by atoms with E-state index in [0.717, 1.165) is 17.7 Å². The number of rotatable bonds is 7. The highest BCUT2D eigenvalue weighted by Gasteiger charge is 2.24. The van der Waals surface area contributed by atoms with Crippen LogP contribution in [0.3, 0.4) is 0 Å². The molecule has 0 saturated heterocycles. The summed E-state index contributed by atoms with van der Waals surface area (Å²) in [4.78, 5) is 28.1. The highest BCUT2D eigenvalue weighted by Crippen LogP contribution is 2.31. The van der Waals surface area contributed by atoms with Gasteiger partial charge in [0.25, 0.3) is 0 Å². The summed E-state index contributed by atoms with van der Waals surface area (Å²) in [5, 5.41) is 12.0. The Morgan fingerprint density at radius 3 is 2.62 bits per heavy atom. The molecule has 1 aliphatic rings. The van der Waals surface area contributed by atoms with Gasteiger partial charge in [-0.3, -0.25) is 14.6 Å². The van der Waals surface area contributed by atoms with Crippen LogP contribution in [-0.2, 0) is 16.0 Å². The first-order valence-corrected chi connectivity index (χ1v) is 9.79. The lowest BCUT2D eigenvalue weighted by molar-refractivity contribution is -0.120. The Bertz CT molecular complexity index is 867. The molecule has 152 valence electrons. The summed E-state index contributed by atoms with van der Waals surface area (Å²) < 4.78 is 0. The van der Waals surface area contributed by atoms with Gasteiger partial charge in [0.1, 0.15) is 0 Å². The zero-order chi connectivity index (χ0) is 20.5. The molecule has 0 aromatic heterocycles. The number of para-hydroxylation sites is 1. The van der Waals surface area contributed by atoms with E-state index in [1.165, 1.54) is 5.56 Å². The van der Waals surface area contributed by atoms with E-state index >= 15 is 0 Å². The van der Waals surface area contributed by atoms with Crippen molar-refractivity contribution < 1.29 is 9.59 Å². The second-order valence-electron chi connectivity index (χ2n) is 6.93. The van der Waals surface area contributed by atoms with Crippen molar-refractivity contribution in [2.75, 3.05) is 32.0 Å². The van der Waals surface area contributed by atoms with Crippen LogP contribution in [0.4, 0.5) is 5.69 Å². The normalized spacial score (nSPS) is 15.8. The molecule has 0 aliphatic carbocycles. The maximum absolute atomic E-state index is 12.1. The lowest BCUT2D eigenvalue weighted by Crippen LogP contribution is -2.45. The molecule has 0 saturated carbocycles. The number of anilines is 1. The van der Waals surface area contributed by atoms with Crippen molar-refractivity contribution in [3.63, 3.8) is 0 Å². The first kappa shape index (κ1) is 20.4. The van der Waals surface area contributed by atoms with Crippen LogP contribution in [-0.4, -0.2) is 44.5 Å². The van der Waals surface area contributed by atoms with E-state index in [2.05, 4.69) is 26.3 Å². The Labute approximate surface area is 171 Å². The SMILES string of the molecule is CN=C(NCC(=O)NCCc1ccccc1)NCC1CC(=O)Nc2ccccc21. The van der Waals surface area contributed by atoms with E-state index in [-0.39, 0.29) is 24.3 Å². The fourth-order valence-electron chi connectivity index (χ4n) is 3.34. The molecular formula is C22H27N5O2. The van der Waals surface area contributed by atoms with Gasteiger partial charge in [0.2, 0.25) is 11.8 Å². The zero-order valence-electron chi connectivity index (χ0n) is 16.6. The topological polar surface area (TPSA) is 94.6 Å². The average molecular weight is 393 g/mol. The molecule has 2 aromatic carbocycles. The van der Waals surface area contributed by atoms with E-state index in [0.29, 0.717) is 25.5 Å². The van der Waals surface area contributed by atoms with Gasteiger partial charge in [-0.05, 0) is 23.6 Å². The molecule has 0 fully saturated rings. The summed E-state index contributed by atoms with van der Waals surface area (Å²) in [6, 6.07) is 17.8. The molecule has 7 heteroatoms. The fourth-order valence-corrected chi connectivity index (χ4v) is 3.34. The molecule has 0 bridgehead atoms. The van der Waals surface area contributed by atoms with Crippen LogP contribution >= 0.6 is 0 Å². The number of carbonyl (C=O) groups excluding carboxylic acids is 2. The molecule has 1 atom stereocenters. The second kappa shape index (κ2) is 10.3. The number of hydrogen-bond acceptors (Lipinski definition) is 3. The monoisotopic (exact) mass is 393 g/mol. The Morgan fingerprint density at radius 1 is 1.07 bits per heavy atom. The third kappa shape index (κ3) is 6.07. The first-order valence-electron chi connectivity index (χ1n) is 9.79. The number of carbonyl (C=O) groups is 2. The average Bonchev–Trinajstić information content (AvgIpc) is 2.74. The van der Waals surface area contributed by atoms with Gasteiger partial charge in [-0.2, -0.15) is 0 Å². The maximum atomic E-state index is 12.1. The van der Waals surface area contributed by atoms with Crippen LogP contribution in [0.5, 0.6) is 0 Å². The minimum absolute atomic E-state index is 0.0104. The predicted molar refractivity (Wildman–Crippen MR) is 115 cm³/mol. The Kier molecular flexibility index (Phi) is 7.22. The third-order valence-corrected chi connectivity index (χ3v) is 4.84. The van der Waals surface area contributed by atoms with E-state index in [1.807, 2.05) is 54.6 Å². The second-order valence-corrected chi connectivity index (χ2v) is 6.93. The summed E-state index contributed by atoms with van der Waals surface area (Å²) in [7, 11) is 1.66. The summed E-state index contributed by atoms with van der Waals surface area (Å²) in [6.45, 7) is 1.28. The summed E-state index contributed by atoms with van der Waals surface area (Å²) in [5.41, 5.74) is 3.15. The zero-order valence-corrected chi connectivity index (χ0v) is 16.6. The van der Waals surface area contributed by atoms with Crippen molar-refractivity contribution in [2.24, 2.45) is 4.99 Å². The van der Waals surface area contributed by atoms with Crippen molar-refractivity contribution in [3.05, 3.63) is 65.7 Å². The Balaban J connectivity index is 1.42. The van der Waals surface area contributed by atoms with E-state index in [1.54, 1.807) is 7.05 Å². The highest BCUT2D eigenvalue weighted by atomic mass is 16.2. The molecule has 4 N–H and O–H groups in total. The molecule has 29 heavy (non-hydrogen) atoms. The van der Waals surface area contributed by atoms with Crippen molar-refractivity contribution in [3.8, 4) is 0 Å². The molecule has 7 nitrogen and oxygen atoms in total. The van der Waals surface area contributed by atoms with Gasteiger partial charge in [0.05, 0.1) is 6.54 Å². The van der Waals surface area contributed by atoms with Gasteiger partial charge in [0.15, 0.2) is 5.96 Å². The molecule has 0 radical (unpaired) electrons. The predicted octanol–water partition coefficient (Wildman–Crippen LogP) is 1.64. The summed E-state index contributed by atoms with van der Waals surface area (Å²) in [6.07, 6.45) is 1.21. The smallest absolute Gasteiger partial charge is 0.239 e. The number of hydrogen-bond donors (Lipinski definition) is 4. The van der Waals surface area contributed by atoms with Crippen LogP contribution < -0.4 is 21.3 Å². The number of guanidine groups is 1. The third-order valence-electron chi connectivity index (χ3n) is 4.84. The largest absolute Gasteiger partial charge is 0.356 e. The standard InChI is InChI=1S/C22H27N5O2/c1-23-22(26-15-21(29)24-12-11-16-7-3-2-4-8-16)25-14-17-13-20(28)27-19-10-6-5-9-18(17)19/h2-10,17H,11-15H2,1H3,(H,24,29)(H,27,28)(H2,23,25,26). The van der Waals surface area contributed by atoms with E-state index in [9.17, 15) is 9.59 Å². The molecule has 1 heterocycles. The first-order chi connectivity index (χ1) is 14.2. The van der Waals surface area contributed by atoms with Gasteiger partial charge in [-0.25, -0.2) is 0 Å². The minimum Gasteiger partial charge on any atom is -0.356 e.